The Kier molecular flexibility index (Phi) is 4.85. The van der Waals surface area contributed by atoms with Gasteiger partial charge in [-0.15, -0.1) is 0 Å². The number of rotatable bonds is 2. The fourth-order valence-electron chi connectivity index (χ4n) is 3.38. The van der Waals surface area contributed by atoms with E-state index in [2.05, 4.69) is 30.7 Å². The summed E-state index contributed by atoms with van der Waals surface area (Å²) >= 11 is 0. The van der Waals surface area contributed by atoms with Crippen molar-refractivity contribution in [1.29, 1.82) is 0 Å². The molecule has 4 heteroatoms. The van der Waals surface area contributed by atoms with Gasteiger partial charge in [0.15, 0.2) is 0 Å². The van der Waals surface area contributed by atoms with Crippen molar-refractivity contribution in [3.05, 3.63) is 0 Å². The molecule has 19 heavy (non-hydrogen) atoms. The number of carbonyl (C=O) groups is 1. The molecule has 110 valence electrons. The highest BCUT2D eigenvalue weighted by Crippen LogP contribution is 2.27. The number of carbonyl (C=O) groups excluding carboxylic acids is 1. The molecule has 2 unspecified atom stereocenters. The van der Waals surface area contributed by atoms with E-state index in [4.69, 9.17) is 5.73 Å². The maximum Gasteiger partial charge on any atom is 0.222 e. The number of likely N-dealkylation sites (N-methyl/N-ethyl adjacent to an activating group) is 1. The maximum absolute atomic E-state index is 12.4. The van der Waals surface area contributed by atoms with Crippen LogP contribution in [0.3, 0.4) is 0 Å². The van der Waals surface area contributed by atoms with Crippen LogP contribution in [-0.4, -0.2) is 54.0 Å². The molecule has 4 nitrogen and oxygen atoms in total. The fourth-order valence-corrected chi connectivity index (χ4v) is 3.38. The van der Waals surface area contributed by atoms with Gasteiger partial charge in [0.25, 0.3) is 0 Å². The van der Waals surface area contributed by atoms with Gasteiger partial charge < -0.3 is 10.6 Å². The van der Waals surface area contributed by atoms with Crippen molar-refractivity contribution in [2.75, 3.05) is 20.1 Å². The molecule has 2 rings (SSSR count). The molecule has 2 aliphatic rings. The zero-order chi connectivity index (χ0) is 14.0. The lowest BCUT2D eigenvalue weighted by molar-refractivity contribution is -0.136. The molecule has 1 heterocycles. The summed E-state index contributed by atoms with van der Waals surface area (Å²) in [6.07, 6.45) is 5.17. The minimum absolute atomic E-state index is 0.354. The van der Waals surface area contributed by atoms with Gasteiger partial charge in [-0.1, -0.05) is 0 Å². The summed E-state index contributed by atoms with van der Waals surface area (Å²) in [5.41, 5.74) is 5.92. The van der Waals surface area contributed by atoms with E-state index in [1.807, 2.05) is 0 Å². The van der Waals surface area contributed by atoms with Crippen LogP contribution in [0.1, 0.15) is 46.0 Å². The van der Waals surface area contributed by atoms with Crippen LogP contribution in [0.2, 0.25) is 0 Å². The molecule has 2 atom stereocenters. The summed E-state index contributed by atoms with van der Waals surface area (Å²) in [6.45, 7) is 6.17. The predicted octanol–water partition coefficient (Wildman–Crippen LogP) is 1.45. The summed E-state index contributed by atoms with van der Waals surface area (Å²) in [7, 11) is 2.15. The summed E-state index contributed by atoms with van der Waals surface area (Å²) in [5, 5.41) is 0. The van der Waals surface area contributed by atoms with Gasteiger partial charge in [0.2, 0.25) is 5.91 Å². The average molecular weight is 267 g/mol. The zero-order valence-corrected chi connectivity index (χ0v) is 12.6. The lowest BCUT2D eigenvalue weighted by Crippen LogP contribution is -2.56. The Morgan fingerprint density at radius 2 is 1.63 bits per heavy atom. The van der Waals surface area contributed by atoms with E-state index in [1.54, 1.807) is 0 Å². The van der Waals surface area contributed by atoms with Crippen LogP contribution in [0, 0.1) is 5.92 Å². The maximum atomic E-state index is 12.4. The molecular formula is C15H29N3O. The minimum Gasteiger partial charge on any atom is -0.340 e. The van der Waals surface area contributed by atoms with Gasteiger partial charge in [-0.2, -0.15) is 0 Å². The first-order valence-corrected chi connectivity index (χ1v) is 7.72. The van der Waals surface area contributed by atoms with E-state index in [0.29, 0.717) is 30.0 Å². The Hall–Kier alpha value is -0.610. The molecule has 0 aromatic rings. The number of nitrogens with two attached hydrogens (primary N) is 1. The highest BCUT2D eigenvalue weighted by molar-refractivity contribution is 5.76. The smallest absolute Gasteiger partial charge is 0.222 e. The minimum atomic E-state index is 0.354. The quantitative estimate of drug-likeness (QED) is 0.824. The van der Waals surface area contributed by atoms with Crippen LogP contribution in [0.25, 0.3) is 0 Å². The van der Waals surface area contributed by atoms with E-state index in [9.17, 15) is 4.79 Å². The Balaban J connectivity index is 1.83. The molecule has 2 N–H and O–H groups in total. The molecule has 1 saturated heterocycles. The standard InChI is InChI=1S/C15H29N3O/c1-11-9-18(10-12(2)17(11)3)15(19)8-13-4-6-14(16)7-5-13/h11-14H,4-10,16H2,1-3H3. The predicted molar refractivity (Wildman–Crippen MR) is 77.8 cm³/mol. The van der Waals surface area contributed by atoms with Crippen molar-refractivity contribution in [3.8, 4) is 0 Å². The van der Waals surface area contributed by atoms with Gasteiger partial charge in [0.05, 0.1) is 0 Å². The summed E-state index contributed by atoms with van der Waals surface area (Å²) < 4.78 is 0. The lowest BCUT2D eigenvalue weighted by atomic mass is 9.84. The lowest BCUT2D eigenvalue weighted by Gasteiger charge is -2.43. The molecule has 1 amide bonds. The second kappa shape index (κ2) is 6.23. The van der Waals surface area contributed by atoms with Gasteiger partial charge in [0, 0.05) is 37.6 Å². The first kappa shape index (κ1) is 14.8. The van der Waals surface area contributed by atoms with Crippen LogP contribution in [0.5, 0.6) is 0 Å². The molecular weight excluding hydrogens is 238 g/mol. The Morgan fingerprint density at radius 3 is 2.16 bits per heavy atom. The Labute approximate surface area is 117 Å². The SMILES string of the molecule is CC1CN(C(=O)CC2CCC(N)CC2)CC(C)N1C. The van der Waals surface area contributed by atoms with Crippen LogP contribution in [0.4, 0.5) is 0 Å². The molecule has 1 aliphatic carbocycles. The largest absolute Gasteiger partial charge is 0.340 e. The number of hydrogen-bond acceptors (Lipinski definition) is 3. The van der Waals surface area contributed by atoms with Crippen molar-refractivity contribution in [3.63, 3.8) is 0 Å². The number of amides is 1. The molecule has 1 aliphatic heterocycles. The van der Waals surface area contributed by atoms with Crippen LogP contribution >= 0.6 is 0 Å². The van der Waals surface area contributed by atoms with Crippen molar-refractivity contribution < 1.29 is 4.79 Å². The van der Waals surface area contributed by atoms with E-state index in [-0.39, 0.29) is 0 Å². The van der Waals surface area contributed by atoms with E-state index >= 15 is 0 Å². The second-order valence-corrected chi connectivity index (χ2v) is 6.65. The van der Waals surface area contributed by atoms with Gasteiger partial charge in [-0.3, -0.25) is 9.69 Å². The molecule has 0 radical (unpaired) electrons. The number of hydrogen-bond donors (Lipinski definition) is 1. The van der Waals surface area contributed by atoms with Crippen molar-refractivity contribution >= 4 is 5.91 Å². The van der Waals surface area contributed by atoms with Gasteiger partial charge in [-0.05, 0) is 52.5 Å². The Bertz CT molecular complexity index is 301. The second-order valence-electron chi connectivity index (χ2n) is 6.65. The number of piperazine rings is 1. The van der Waals surface area contributed by atoms with E-state index in [1.165, 1.54) is 0 Å². The first-order valence-electron chi connectivity index (χ1n) is 7.72. The average Bonchev–Trinajstić information content (AvgIpc) is 2.38. The van der Waals surface area contributed by atoms with Crippen LogP contribution in [-0.2, 0) is 4.79 Å². The molecule has 0 bridgehead atoms. The third-order valence-electron chi connectivity index (χ3n) is 5.07. The third kappa shape index (κ3) is 3.69. The fraction of sp³-hybridized carbons (Fsp3) is 0.933. The highest BCUT2D eigenvalue weighted by atomic mass is 16.2. The van der Waals surface area contributed by atoms with E-state index < -0.39 is 0 Å². The molecule has 0 spiro atoms. The van der Waals surface area contributed by atoms with Crippen molar-refractivity contribution in [1.82, 2.24) is 9.80 Å². The van der Waals surface area contributed by atoms with Crippen LogP contribution < -0.4 is 5.73 Å². The summed E-state index contributed by atoms with van der Waals surface area (Å²) in [4.78, 5) is 16.9. The summed E-state index contributed by atoms with van der Waals surface area (Å²) in [6, 6.07) is 1.30. The van der Waals surface area contributed by atoms with Gasteiger partial charge in [-0.25, -0.2) is 0 Å². The zero-order valence-electron chi connectivity index (χ0n) is 12.6. The van der Waals surface area contributed by atoms with Crippen LogP contribution in [0.15, 0.2) is 0 Å². The Morgan fingerprint density at radius 1 is 1.11 bits per heavy atom. The molecule has 1 saturated carbocycles. The topological polar surface area (TPSA) is 49.6 Å². The molecule has 2 fully saturated rings. The first-order chi connectivity index (χ1) is 8.97. The highest BCUT2D eigenvalue weighted by Gasteiger charge is 2.30. The van der Waals surface area contributed by atoms with Crippen molar-refractivity contribution in [2.24, 2.45) is 11.7 Å². The molecule has 0 aromatic carbocycles. The monoisotopic (exact) mass is 267 g/mol. The van der Waals surface area contributed by atoms with E-state index in [0.717, 1.165) is 45.2 Å². The van der Waals surface area contributed by atoms with Crippen molar-refractivity contribution in [2.45, 2.75) is 64.1 Å². The van der Waals surface area contributed by atoms with Gasteiger partial charge >= 0.3 is 0 Å². The molecule has 0 aromatic heterocycles. The third-order valence-corrected chi connectivity index (χ3v) is 5.07. The number of nitrogens with zero attached hydrogens (tertiary/aromatic N) is 2. The normalized spacial score (nSPS) is 37.4. The summed E-state index contributed by atoms with van der Waals surface area (Å²) in [5.74, 6) is 0.921. The van der Waals surface area contributed by atoms with Gasteiger partial charge in [0.1, 0.15) is 0 Å².